The number of rotatable bonds is 4. The fraction of sp³-hybridized carbons (Fsp3) is 0.0667. The topological polar surface area (TPSA) is 41.5 Å². The van der Waals surface area contributed by atoms with Crippen LogP contribution in [0.3, 0.4) is 0 Å². The summed E-state index contributed by atoms with van der Waals surface area (Å²) in [7, 11) is 0. The van der Waals surface area contributed by atoms with E-state index in [0.717, 1.165) is 11.3 Å². The van der Waals surface area contributed by atoms with Gasteiger partial charge in [-0.25, -0.2) is 0 Å². The second-order valence-corrected chi connectivity index (χ2v) is 3.86. The zero-order valence-electron chi connectivity index (χ0n) is 10.1. The highest BCUT2D eigenvalue weighted by Gasteiger charge is 2.08. The van der Waals surface area contributed by atoms with Crippen molar-refractivity contribution >= 4 is 17.2 Å². The molecule has 18 heavy (non-hydrogen) atoms. The molecule has 0 spiro atoms. The number of nitrogens with one attached hydrogen (secondary N) is 1. The van der Waals surface area contributed by atoms with Gasteiger partial charge in [-0.3, -0.25) is 10.2 Å². The molecule has 90 valence electrons. The summed E-state index contributed by atoms with van der Waals surface area (Å²) in [5.74, 6) is -0.0652. The average Bonchev–Trinajstić information content (AvgIpc) is 2.41. The molecule has 0 saturated carbocycles. The number of hydrogen-bond acceptors (Lipinski definition) is 3. The predicted molar refractivity (Wildman–Crippen MR) is 73.7 cm³/mol. The van der Waals surface area contributed by atoms with Crippen molar-refractivity contribution < 1.29 is 4.79 Å². The van der Waals surface area contributed by atoms with Gasteiger partial charge in [0.25, 0.3) is 0 Å². The van der Waals surface area contributed by atoms with Crippen molar-refractivity contribution in [3.63, 3.8) is 0 Å². The van der Waals surface area contributed by atoms with Gasteiger partial charge in [-0.05, 0) is 12.1 Å². The maximum Gasteiger partial charge on any atom is 0.180 e. The van der Waals surface area contributed by atoms with Crippen LogP contribution in [0.25, 0.3) is 0 Å². The van der Waals surface area contributed by atoms with Crippen LogP contribution in [-0.4, -0.2) is 11.5 Å². The molecule has 3 heteroatoms. The minimum Gasteiger partial charge on any atom is -0.293 e. The van der Waals surface area contributed by atoms with Crippen LogP contribution in [-0.2, 0) is 4.79 Å². The van der Waals surface area contributed by atoms with Crippen LogP contribution in [0.5, 0.6) is 0 Å². The van der Waals surface area contributed by atoms with Gasteiger partial charge in [-0.15, -0.1) is 0 Å². The lowest BCUT2D eigenvalue weighted by Crippen LogP contribution is -2.13. The minimum absolute atomic E-state index is 0.0652. The quantitative estimate of drug-likeness (QED) is 0.657. The molecule has 0 aliphatic carbocycles. The fourth-order valence-electron chi connectivity index (χ4n) is 1.58. The van der Waals surface area contributed by atoms with Crippen LogP contribution >= 0.6 is 0 Å². The van der Waals surface area contributed by atoms with Crippen LogP contribution in [0.15, 0.2) is 65.8 Å². The standard InChI is InChI=1S/C15H14N2O/c1-12(18)15(13-8-4-2-5-9-13)17-16-14-10-6-3-7-11-14/h2-11,16H,1H3/b17-15+. The van der Waals surface area contributed by atoms with E-state index in [4.69, 9.17) is 0 Å². The van der Waals surface area contributed by atoms with Crippen molar-refractivity contribution in [2.24, 2.45) is 5.10 Å². The Bertz CT molecular complexity index is 547. The summed E-state index contributed by atoms with van der Waals surface area (Å²) in [5, 5.41) is 4.18. The zero-order chi connectivity index (χ0) is 12.8. The van der Waals surface area contributed by atoms with E-state index >= 15 is 0 Å². The summed E-state index contributed by atoms with van der Waals surface area (Å²) in [5.41, 5.74) is 4.99. The summed E-state index contributed by atoms with van der Waals surface area (Å²) in [6.45, 7) is 1.51. The normalized spacial score (nSPS) is 11.1. The summed E-state index contributed by atoms with van der Waals surface area (Å²) >= 11 is 0. The predicted octanol–water partition coefficient (Wildman–Crippen LogP) is 3.09. The molecule has 0 aliphatic heterocycles. The van der Waals surface area contributed by atoms with Gasteiger partial charge < -0.3 is 0 Å². The van der Waals surface area contributed by atoms with Gasteiger partial charge in [0, 0.05) is 12.5 Å². The second kappa shape index (κ2) is 5.77. The number of hydrazone groups is 1. The highest BCUT2D eigenvalue weighted by molar-refractivity contribution is 6.45. The third kappa shape index (κ3) is 3.04. The molecule has 0 aromatic heterocycles. The molecule has 3 nitrogen and oxygen atoms in total. The zero-order valence-corrected chi connectivity index (χ0v) is 10.1. The molecule has 2 rings (SSSR count). The van der Waals surface area contributed by atoms with Crippen LogP contribution in [0.1, 0.15) is 12.5 Å². The van der Waals surface area contributed by atoms with E-state index in [1.54, 1.807) is 0 Å². The Kier molecular flexibility index (Phi) is 3.86. The van der Waals surface area contributed by atoms with Crippen molar-refractivity contribution in [2.75, 3.05) is 5.43 Å². The molecule has 1 N–H and O–H groups in total. The maximum absolute atomic E-state index is 11.6. The Hall–Kier alpha value is -2.42. The van der Waals surface area contributed by atoms with E-state index < -0.39 is 0 Å². The van der Waals surface area contributed by atoms with Crippen LogP contribution in [0.2, 0.25) is 0 Å². The minimum atomic E-state index is -0.0652. The Morgan fingerprint density at radius 2 is 1.50 bits per heavy atom. The molecule has 0 bridgehead atoms. The van der Waals surface area contributed by atoms with Crippen molar-refractivity contribution in [3.8, 4) is 0 Å². The van der Waals surface area contributed by atoms with Gasteiger partial charge in [0.2, 0.25) is 0 Å². The summed E-state index contributed by atoms with van der Waals surface area (Å²) < 4.78 is 0. The SMILES string of the molecule is CC(=O)/C(=N\Nc1ccccc1)c1ccccc1. The Morgan fingerprint density at radius 1 is 0.944 bits per heavy atom. The third-order valence-electron chi connectivity index (χ3n) is 2.45. The third-order valence-corrected chi connectivity index (χ3v) is 2.45. The first-order chi connectivity index (χ1) is 8.77. The monoisotopic (exact) mass is 238 g/mol. The number of hydrogen-bond donors (Lipinski definition) is 1. The van der Waals surface area contributed by atoms with Gasteiger partial charge in [-0.2, -0.15) is 5.10 Å². The second-order valence-electron chi connectivity index (χ2n) is 3.86. The van der Waals surface area contributed by atoms with E-state index in [-0.39, 0.29) is 5.78 Å². The first-order valence-electron chi connectivity index (χ1n) is 5.72. The summed E-state index contributed by atoms with van der Waals surface area (Å²) in [4.78, 5) is 11.6. The lowest BCUT2D eigenvalue weighted by Gasteiger charge is -2.04. The molecular formula is C15H14N2O. The van der Waals surface area contributed by atoms with Crippen LogP contribution < -0.4 is 5.43 Å². The average molecular weight is 238 g/mol. The molecule has 0 fully saturated rings. The van der Waals surface area contributed by atoms with Crippen molar-refractivity contribution in [3.05, 3.63) is 66.2 Å². The van der Waals surface area contributed by atoms with E-state index in [1.807, 2.05) is 60.7 Å². The van der Waals surface area contributed by atoms with E-state index in [1.165, 1.54) is 6.92 Å². The first kappa shape index (κ1) is 12.0. The lowest BCUT2D eigenvalue weighted by atomic mass is 10.1. The number of ketones is 1. The summed E-state index contributed by atoms with van der Waals surface area (Å²) in [6.07, 6.45) is 0. The molecule has 2 aromatic rings. The molecule has 0 radical (unpaired) electrons. The molecule has 0 unspecified atom stereocenters. The van der Waals surface area contributed by atoms with Gasteiger partial charge in [-0.1, -0.05) is 48.5 Å². The van der Waals surface area contributed by atoms with E-state index in [0.29, 0.717) is 5.71 Å². The highest BCUT2D eigenvalue weighted by atomic mass is 16.1. The van der Waals surface area contributed by atoms with Gasteiger partial charge in [0.1, 0.15) is 5.71 Å². The van der Waals surface area contributed by atoms with E-state index in [2.05, 4.69) is 10.5 Å². The van der Waals surface area contributed by atoms with Gasteiger partial charge >= 0.3 is 0 Å². The number of carbonyl (C=O) groups is 1. The van der Waals surface area contributed by atoms with Crippen LogP contribution in [0, 0.1) is 0 Å². The van der Waals surface area contributed by atoms with Gasteiger partial charge in [0.15, 0.2) is 5.78 Å². The molecule has 0 heterocycles. The smallest absolute Gasteiger partial charge is 0.180 e. The number of carbonyl (C=O) groups excluding carboxylic acids is 1. The first-order valence-corrected chi connectivity index (χ1v) is 5.72. The number of anilines is 1. The number of Topliss-reactive ketones (excluding diaryl/α,β-unsaturated/α-hetero) is 1. The number of para-hydroxylation sites is 1. The summed E-state index contributed by atoms with van der Waals surface area (Å²) in [6, 6.07) is 19.0. The molecular weight excluding hydrogens is 224 g/mol. The number of nitrogens with zero attached hydrogens (tertiary/aromatic N) is 1. The molecule has 0 atom stereocenters. The van der Waals surface area contributed by atoms with Crippen molar-refractivity contribution in [1.29, 1.82) is 0 Å². The Morgan fingerprint density at radius 3 is 2.06 bits per heavy atom. The number of benzene rings is 2. The molecule has 0 amide bonds. The molecule has 2 aromatic carbocycles. The molecule has 0 saturated heterocycles. The van der Waals surface area contributed by atoms with Gasteiger partial charge in [0.05, 0.1) is 5.69 Å². The highest BCUT2D eigenvalue weighted by Crippen LogP contribution is 2.07. The largest absolute Gasteiger partial charge is 0.293 e. The Labute approximate surface area is 106 Å². The van der Waals surface area contributed by atoms with Crippen molar-refractivity contribution in [1.82, 2.24) is 0 Å². The van der Waals surface area contributed by atoms with E-state index in [9.17, 15) is 4.79 Å². The van der Waals surface area contributed by atoms with Crippen molar-refractivity contribution in [2.45, 2.75) is 6.92 Å². The lowest BCUT2D eigenvalue weighted by molar-refractivity contribution is -0.111. The molecule has 0 aliphatic rings. The maximum atomic E-state index is 11.6. The Balaban J connectivity index is 2.24. The van der Waals surface area contributed by atoms with Crippen LogP contribution in [0.4, 0.5) is 5.69 Å². The fourth-order valence-corrected chi connectivity index (χ4v) is 1.58.